The first-order valence-electron chi connectivity index (χ1n) is 8.31. The van der Waals surface area contributed by atoms with E-state index in [2.05, 4.69) is 24.1 Å². The lowest BCUT2D eigenvalue weighted by Gasteiger charge is -2.33. The van der Waals surface area contributed by atoms with Crippen molar-refractivity contribution < 1.29 is 8.42 Å². The topological polar surface area (TPSA) is 50.3 Å². The van der Waals surface area contributed by atoms with Crippen molar-refractivity contribution in [3.63, 3.8) is 0 Å². The summed E-state index contributed by atoms with van der Waals surface area (Å²) in [7, 11) is -2.76. The van der Waals surface area contributed by atoms with Gasteiger partial charge in [0.25, 0.3) is 0 Å². The van der Waals surface area contributed by atoms with Crippen LogP contribution in [0.15, 0.2) is 5.38 Å². The van der Waals surface area contributed by atoms with Crippen LogP contribution in [-0.2, 0) is 9.84 Å². The van der Waals surface area contributed by atoms with Gasteiger partial charge in [0, 0.05) is 24.4 Å². The monoisotopic (exact) mass is 342 g/mol. The molecule has 0 saturated carbocycles. The van der Waals surface area contributed by atoms with Crippen LogP contribution in [0, 0.1) is 5.92 Å². The van der Waals surface area contributed by atoms with Crippen molar-refractivity contribution in [3.05, 3.63) is 16.1 Å². The van der Waals surface area contributed by atoms with Gasteiger partial charge in [0.1, 0.15) is 0 Å². The Hall–Kier alpha value is -0.460. The first-order valence-corrected chi connectivity index (χ1v) is 11.0. The first kappa shape index (κ1) is 16.4. The van der Waals surface area contributed by atoms with Gasteiger partial charge in [0.05, 0.1) is 22.2 Å². The molecular weight excluding hydrogens is 316 g/mol. The van der Waals surface area contributed by atoms with Gasteiger partial charge in [-0.05, 0) is 37.6 Å². The summed E-state index contributed by atoms with van der Waals surface area (Å²) in [6, 6.07) is 0. The molecule has 0 aliphatic carbocycles. The van der Waals surface area contributed by atoms with Gasteiger partial charge in [-0.2, -0.15) is 0 Å². The normalized spacial score (nSPS) is 29.2. The van der Waals surface area contributed by atoms with Gasteiger partial charge < -0.3 is 4.90 Å². The third kappa shape index (κ3) is 3.89. The highest BCUT2D eigenvalue weighted by Gasteiger charge is 2.31. The number of thiazole rings is 1. The maximum absolute atomic E-state index is 11.6. The zero-order chi connectivity index (χ0) is 15.7. The van der Waals surface area contributed by atoms with Crippen LogP contribution in [0.1, 0.15) is 55.6 Å². The Morgan fingerprint density at radius 1 is 1.41 bits per heavy atom. The Morgan fingerprint density at radius 2 is 2.23 bits per heavy atom. The van der Waals surface area contributed by atoms with Crippen molar-refractivity contribution in [1.82, 2.24) is 9.88 Å². The minimum absolute atomic E-state index is 0.339. The Bertz CT molecular complexity index is 609. The quantitative estimate of drug-likeness (QED) is 0.844. The Morgan fingerprint density at radius 3 is 2.86 bits per heavy atom. The number of rotatable bonds is 4. The molecule has 3 rings (SSSR count). The summed E-state index contributed by atoms with van der Waals surface area (Å²) >= 11 is 1.80. The van der Waals surface area contributed by atoms with E-state index in [0.29, 0.717) is 29.3 Å². The molecule has 0 amide bonds. The third-order valence-electron chi connectivity index (χ3n) is 4.83. The van der Waals surface area contributed by atoms with Crippen LogP contribution in [0.2, 0.25) is 0 Å². The summed E-state index contributed by atoms with van der Waals surface area (Å²) < 4.78 is 23.2. The van der Waals surface area contributed by atoms with Crippen molar-refractivity contribution >= 4 is 21.2 Å². The van der Waals surface area contributed by atoms with Crippen LogP contribution in [0.5, 0.6) is 0 Å². The SMILES string of the molecule is CC(C)c1csc([C@H]2CCCN(C[C@@H]3CCS(=O)(=O)C3)C2)n1. The van der Waals surface area contributed by atoms with Gasteiger partial charge >= 0.3 is 0 Å². The largest absolute Gasteiger partial charge is 0.302 e. The third-order valence-corrected chi connectivity index (χ3v) is 7.69. The fourth-order valence-electron chi connectivity index (χ4n) is 3.56. The fourth-order valence-corrected chi connectivity index (χ4v) is 6.52. The molecule has 0 aromatic carbocycles. The van der Waals surface area contributed by atoms with Crippen molar-refractivity contribution in [3.8, 4) is 0 Å². The van der Waals surface area contributed by atoms with E-state index in [1.807, 2.05) is 0 Å². The Balaban J connectivity index is 1.59. The molecule has 0 radical (unpaired) electrons. The summed E-state index contributed by atoms with van der Waals surface area (Å²) in [5.41, 5.74) is 1.21. The van der Waals surface area contributed by atoms with Crippen molar-refractivity contribution in [2.75, 3.05) is 31.1 Å². The lowest BCUT2D eigenvalue weighted by atomic mass is 9.97. The zero-order valence-corrected chi connectivity index (χ0v) is 15.1. The molecule has 0 spiro atoms. The molecule has 4 nitrogen and oxygen atoms in total. The average Bonchev–Trinajstić information content (AvgIpc) is 3.06. The van der Waals surface area contributed by atoms with Gasteiger partial charge in [-0.25, -0.2) is 13.4 Å². The van der Waals surface area contributed by atoms with Crippen LogP contribution in [-0.4, -0.2) is 49.4 Å². The lowest BCUT2D eigenvalue weighted by molar-refractivity contribution is 0.184. The Labute approximate surface area is 137 Å². The predicted octanol–water partition coefficient (Wildman–Crippen LogP) is 2.88. The van der Waals surface area contributed by atoms with E-state index in [4.69, 9.17) is 4.98 Å². The second-order valence-corrected chi connectivity index (χ2v) is 10.3. The van der Waals surface area contributed by atoms with E-state index in [9.17, 15) is 8.42 Å². The minimum atomic E-state index is -2.76. The van der Waals surface area contributed by atoms with Gasteiger partial charge in [0.2, 0.25) is 0 Å². The molecule has 2 saturated heterocycles. The molecule has 22 heavy (non-hydrogen) atoms. The fraction of sp³-hybridized carbons (Fsp3) is 0.812. The van der Waals surface area contributed by atoms with E-state index in [1.54, 1.807) is 11.3 Å². The number of aromatic nitrogens is 1. The summed E-state index contributed by atoms with van der Waals surface area (Å²) in [5.74, 6) is 2.14. The highest BCUT2D eigenvalue weighted by atomic mass is 32.2. The summed E-state index contributed by atoms with van der Waals surface area (Å²) in [4.78, 5) is 7.29. The minimum Gasteiger partial charge on any atom is -0.302 e. The average molecular weight is 343 g/mol. The molecule has 0 unspecified atom stereocenters. The van der Waals surface area contributed by atoms with E-state index < -0.39 is 9.84 Å². The highest BCUT2D eigenvalue weighted by Crippen LogP contribution is 2.31. The van der Waals surface area contributed by atoms with E-state index in [1.165, 1.54) is 23.5 Å². The lowest BCUT2D eigenvalue weighted by Crippen LogP contribution is -2.38. The number of hydrogen-bond acceptors (Lipinski definition) is 5. The molecule has 2 aliphatic rings. The molecule has 124 valence electrons. The molecule has 2 atom stereocenters. The summed E-state index contributed by atoms with van der Waals surface area (Å²) in [6.07, 6.45) is 3.25. The molecule has 2 aliphatic heterocycles. The van der Waals surface area contributed by atoms with Crippen LogP contribution in [0.3, 0.4) is 0 Å². The van der Waals surface area contributed by atoms with Gasteiger partial charge in [0.15, 0.2) is 9.84 Å². The number of sulfone groups is 1. The Kier molecular flexibility index (Phi) is 4.90. The number of likely N-dealkylation sites (tertiary alicyclic amines) is 1. The predicted molar refractivity (Wildman–Crippen MR) is 91.4 cm³/mol. The van der Waals surface area contributed by atoms with Crippen molar-refractivity contribution in [2.24, 2.45) is 5.92 Å². The second kappa shape index (κ2) is 6.57. The maximum atomic E-state index is 11.6. The maximum Gasteiger partial charge on any atom is 0.150 e. The number of nitrogens with zero attached hydrogens (tertiary/aromatic N) is 2. The number of hydrogen-bond donors (Lipinski definition) is 0. The molecule has 0 N–H and O–H groups in total. The molecule has 1 aromatic rings. The highest BCUT2D eigenvalue weighted by molar-refractivity contribution is 7.91. The number of piperidine rings is 1. The summed E-state index contributed by atoms with van der Waals surface area (Å²) in [6.45, 7) is 7.47. The molecule has 6 heteroatoms. The van der Waals surface area contributed by atoms with Crippen LogP contribution in [0.4, 0.5) is 0 Å². The van der Waals surface area contributed by atoms with Crippen molar-refractivity contribution in [1.29, 1.82) is 0 Å². The second-order valence-electron chi connectivity index (χ2n) is 7.13. The van der Waals surface area contributed by atoms with Crippen LogP contribution >= 0.6 is 11.3 Å². The van der Waals surface area contributed by atoms with E-state index in [0.717, 1.165) is 26.1 Å². The van der Waals surface area contributed by atoms with Gasteiger partial charge in [-0.3, -0.25) is 0 Å². The zero-order valence-electron chi connectivity index (χ0n) is 13.5. The molecular formula is C16H26N2O2S2. The van der Waals surface area contributed by atoms with Gasteiger partial charge in [-0.15, -0.1) is 11.3 Å². The summed E-state index contributed by atoms with van der Waals surface area (Å²) in [5, 5.41) is 3.47. The molecule has 3 heterocycles. The first-order chi connectivity index (χ1) is 10.4. The van der Waals surface area contributed by atoms with E-state index >= 15 is 0 Å². The van der Waals surface area contributed by atoms with Gasteiger partial charge in [-0.1, -0.05) is 13.8 Å². The molecule has 1 aromatic heterocycles. The molecule has 2 fully saturated rings. The standard InChI is InChI=1S/C16H26N2O2S2/c1-12(2)15-10-21-16(17-15)14-4-3-6-18(9-14)8-13-5-7-22(19,20)11-13/h10,12-14H,3-9,11H2,1-2H3/t13-,14-/m0/s1. The van der Waals surface area contributed by atoms with E-state index in [-0.39, 0.29) is 0 Å². The van der Waals surface area contributed by atoms with Crippen LogP contribution in [0.25, 0.3) is 0 Å². The molecule has 0 bridgehead atoms. The smallest absolute Gasteiger partial charge is 0.150 e. The van der Waals surface area contributed by atoms with Crippen molar-refractivity contribution in [2.45, 2.75) is 44.9 Å². The van der Waals surface area contributed by atoms with Crippen LogP contribution < -0.4 is 0 Å².